The molecule has 0 bridgehead atoms. The van der Waals surface area contributed by atoms with E-state index in [1.54, 1.807) is 0 Å². The molecule has 0 unspecified atom stereocenters. The highest BCUT2D eigenvalue weighted by Crippen LogP contribution is 2.07. The predicted octanol–water partition coefficient (Wildman–Crippen LogP) is 0.0880. The monoisotopic (exact) mass is 226 g/mol. The van der Waals surface area contributed by atoms with Crippen molar-refractivity contribution in [2.45, 2.75) is 12.8 Å². The maximum atomic E-state index is 11.8. The summed E-state index contributed by atoms with van der Waals surface area (Å²) >= 11 is 0. The van der Waals surface area contributed by atoms with Crippen LogP contribution in [0.25, 0.3) is 0 Å². The van der Waals surface area contributed by atoms with Crippen LogP contribution < -0.4 is 0 Å². The largest absolute Gasteiger partial charge is 0.349 e. The molecule has 1 fully saturated rings. The average molecular weight is 226 g/mol. The first-order valence-electron chi connectivity index (χ1n) is 5.69. The summed E-state index contributed by atoms with van der Waals surface area (Å²) < 4.78 is 0. The summed E-state index contributed by atoms with van der Waals surface area (Å²) in [5.74, 6) is 0.964. The molecule has 16 heavy (non-hydrogen) atoms. The fourth-order valence-electron chi connectivity index (χ4n) is 1.89. The molecule has 1 rings (SSSR count). The van der Waals surface area contributed by atoms with Gasteiger partial charge in [0.05, 0.1) is 0 Å². The molecule has 0 spiro atoms. The molecular formula is C11H22N4O. The van der Waals surface area contributed by atoms with Gasteiger partial charge in [0.25, 0.3) is 0 Å². The number of amides is 1. The highest BCUT2D eigenvalue weighted by molar-refractivity contribution is 5.84. The van der Waals surface area contributed by atoms with Gasteiger partial charge in [-0.3, -0.25) is 4.79 Å². The van der Waals surface area contributed by atoms with Gasteiger partial charge in [-0.05, 0) is 12.8 Å². The SMILES string of the molecule is CN(C)C(=NCC(=O)N1CCCC1)N(C)C. The number of guanidine groups is 1. The van der Waals surface area contributed by atoms with Crippen molar-refractivity contribution in [1.29, 1.82) is 0 Å². The van der Waals surface area contributed by atoms with Gasteiger partial charge in [-0.2, -0.15) is 0 Å². The van der Waals surface area contributed by atoms with Crippen molar-refractivity contribution in [3.05, 3.63) is 0 Å². The van der Waals surface area contributed by atoms with E-state index in [9.17, 15) is 4.79 Å². The Balaban J connectivity index is 2.52. The minimum absolute atomic E-state index is 0.138. The first-order valence-corrected chi connectivity index (χ1v) is 5.69. The molecule has 0 N–H and O–H groups in total. The molecule has 0 aromatic rings. The van der Waals surface area contributed by atoms with Gasteiger partial charge in [0.15, 0.2) is 5.96 Å². The quantitative estimate of drug-likeness (QED) is 0.495. The number of carbonyl (C=O) groups is 1. The lowest BCUT2D eigenvalue weighted by Gasteiger charge is -2.23. The summed E-state index contributed by atoms with van der Waals surface area (Å²) in [5, 5.41) is 0. The third-order valence-corrected chi connectivity index (χ3v) is 2.61. The van der Waals surface area contributed by atoms with Crippen LogP contribution in [0.4, 0.5) is 0 Å². The Hall–Kier alpha value is -1.26. The van der Waals surface area contributed by atoms with Crippen LogP contribution in [0, 0.1) is 0 Å². The van der Waals surface area contributed by atoms with Crippen LogP contribution in [0.2, 0.25) is 0 Å². The molecule has 0 atom stereocenters. The van der Waals surface area contributed by atoms with Crippen molar-refractivity contribution in [2.75, 3.05) is 47.8 Å². The smallest absolute Gasteiger partial charge is 0.244 e. The Morgan fingerprint density at radius 3 is 2.06 bits per heavy atom. The first-order chi connectivity index (χ1) is 7.52. The summed E-state index contributed by atoms with van der Waals surface area (Å²) in [5.41, 5.74) is 0. The zero-order valence-corrected chi connectivity index (χ0v) is 10.7. The highest BCUT2D eigenvalue weighted by atomic mass is 16.2. The van der Waals surface area contributed by atoms with Gasteiger partial charge in [0, 0.05) is 41.3 Å². The minimum atomic E-state index is 0.138. The van der Waals surface area contributed by atoms with Crippen molar-refractivity contribution in [3.63, 3.8) is 0 Å². The standard InChI is InChI=1S/C11H22N4O/c1-13(2)11(14(3)4)12-9-10(16)15-7-5-6-8-15/h5-9H2,1-4H3. The van der Waals surface area contributed by atoms with E-state index in [1.165, 1.54) is 0 Å². The Morgan fingerprint density at radius 2 is 1.62 bits per heavy atom. The fraction of sp³-hybridized carbons (Fsp3) is 0.818. The van der Waals surface area contributed by atoms with E-state index < -0.39 is 0 Å². The van der Waals surface area contributed by atoms with Crippen LogP contribution in [0.15, 0.2) is 4.99 Å². The second-order valence-electron chi connectivity index (χ2n) is 4.49. The van der Waals surface area contributed by atoms with Crippen LogP contribution in [0.5, 0.6) is 0 Å². The average Bonchev–Trinajstić information content (AvgIpc) is 2.69. The van der Waals surface area contributed by atoms with Gasteiger partial charge in [-0.15, -0.1) is 0 Å². The lowest BCUT2D eigenvalue weighted by Crippen LogP contribution is -2.37. The molecule has 1 aliphatic heterocycles. The van der Waals surface area contributed by atoms with E-state index in [2.05, 4.69) is 4.99 Å². The number of hydrogen-bond acceptors (Lipinski definition) is 2. The first kappa shape index (κ1) is 12.8. The molecule has 1 amide bonds. The predicted molar refractivity (Wildman–Crippen MR) is 65.5 cm³/mol. The number of rotatable bonds is 2. The third kappa shape index (κ3) is 3.40. The molecular weight excluding hydrogens is 204 g/mol. The van der Waals surface area contributed by atoms with E-state index in [1.807, 2.05) is 42.9 Å². The molecule has 0 saturated carbocycles. The summed E-state index contributed by atoms with van der Waals surface area (Å²) in [6.45, 7) is 2.05. The second kappa shape index (κ2) is 5.72. The minimum Gasteiger partial charge on any atom is -0.349 e. The van der Waals surface area contributed by atoms with E-state index in [4.69, 9.17) is 0 Å². The topological polar surface area (TPSA) is 39.2 Å². The van der Waals surface area contributed by atoms with Crippen molar-refractivity contribution >= 4 is 11.9 Å². The number of aliphatic imine (C=N–C) groups is 1. The Labute approximate surface area is 97.7 Å². The summed E-state index contributed by atoms with van der Waals surface area (Å²) in [6.07, 6.45) is 2.26. The number of likely N-dealkylation sites (tertiary alicyclic amines) is 1. The molecule has 5 heteroatoms. The molecule has 1 heterocycles. The summed E-state index contributed by atoms with van der Waals surface area (Å²) in [7, 11) is 7.72. The van der Waals surface area contributed by atoms with E-state index in [0.29, 0.717) is 0 Å². The second-order valence-corrected chi connectivity index (χ2v) is 4.49. The Morgan fingerprint density at radius 1 is 1.12 bits per heavy atom. The molecule has 1 saturated heterocycles. The van der Waals surface area contributed by atoms with E-state index >= 15 is 0 Å². The van der Waals surface area contributed by atoms with Crippen molar-refractivity contribution in [3.8, 4) is 0 Å². The van der Waals surface area contributed by atoms with Crippen molar-refractivity contribution < 1.29 is 4.79 Å². The lowest BCUT2D eigenvalue weighted by atomic mass is 10.4. The number of carbonyl (C=O) groups excluding carboxylic acids is 1. The molecule has 0 aromatic carbocycles. The maximum Gasteiger partial charge on any atom is 0.244 e. The normalized spacial score (nSPS) is 14.9. The third-order valence-electron chi connectivity index (χ3n) is 2.61. The van der Waals surface area contributed by atoms with Gasteiger partial charge >= 0.3 is 0 Å². The molecule has 0 aromatic heterocycles. The molecule has 1 aliphatic rings. The van der Waals surface area contributed by atoms with Gasteiger partial charge in [0.2, 0.25) is 5.91 Å². The Bertz CT molecular complexity index is 257. The molecule has 0 aliphatic carbocycles. The highest BCUT2D eigenvalue weighted by Gasteiger charge is 2.17. The lowest BCUT2D eigenvalue weighted by molar-refractivity contribution is -0.128. The fourth-order valence-corrected chi connectivity index (χ4v) is 1.89. The number of nitrogens with zero attached hydrogens (tertiary/aromatic N) is 4. The molecule has 92 valence electrons. The zero-order valence-electron chi connectivity index (χ0n) is 10.7. The summed E-state index contributed by atoms with van der Waals surface area (Å²) in [4.78, 5) is 21.8. The van der Waals surface area contributed by atoms with Crippen molar-refractivity contribution in [1.82, 2.24) is 14.7 Å². The molecule has 0 radical (unpaired) electrons. The van der Waals surface area contributed by atoms with Crippen LogP contribution >= 0.6 is 0 Å². The van der Waals surface area contributed by atoms with E-state index in [0.717, 1.165) is 31.9 Å². The zero-order chi connectivity index (χ0) is 12.1. The van der Waals surface area contributed by atoms with Crippen LogP contribution in [0.3, 0.4) is 0 Å². The van der Waals surface area contributed by atoms with Gasteiger partial charge in [-0.1, -0.05) is 0 Å². The van der Waals surface area contributed by atoms with Crippen LogP contribution in [0.1, 0.15) is 12.8 Å². The molecule has 5 nitrogen and oxygen atoms in total. The van der Waals surface area contributed by atoms with Crippen LogP contribution in [-0.2, 0) is 4.79 Å². The van der Waals surface area contributed by atoms with E-state index in [-0.39, 0.29) is 12.5 Å². The van der Waals surface area contributed by atoms with Gasteiger partial charge in [-0.25, -0.2) is 4.99 Å². The number of hydrogen-bond donors (Lipinski definition) is 0. The van der Waals surface area contributed by atoms with Gasteiger partial charge in [0.1, 0.15) is 6.54 Å². The van der Waals surface area contributed by atoms with Crippen molar-refractivity contribution in [2.24, 2.45) is 4.99 Å². The maximum absolute atomic E-state index is 11.8. The summed E-state index contributed by atoms with van der Waals surface area (Å²) in [6, 6.07) is 0. The van der Waals surface area contributed by atoms with Crippen LogP contribution in [-0.4, -0.2) is 74.4 Å². The van der Waals surface area contributed by atoms with Gasteiger partial charge < -0.3 is 14.7 Å². The Kier molecular flexibility index (Phi) is 4.58.